The molecule has 0 heterocycles. The van der Waals surface area contributed by atoms with Gasteiger partial charge in [0, 0.05) is 11.5 Å². The average Bonchev–Trinajstić information content (AvgIpc) is 3.56. The maximum Gasteiger partial charge on any atom is 0.370 e. The van der Waals surface area contributed by atoms with E-state index in [0.717, 1.165) is 44.9 Å². The largest absolute Gasteiger partial charge is 0.464 e. The fraction of sp³-hybridized carbons (Fsp3) is 0.711. The molecule has 0 bridgehead atoms. The Morgan fingerprint density at radius 1 is 0.875 bits per heavy atom. The highest BCUT2D eigenvalue weighted by atomic mass is 31.2. The highest BCUT2D eigenvalue weighted by Crippen LogP contribution is 2.68. The Bertz CT molecular complexity index is 1600. The first kappa shape index (κ1) is 43.7. The summed E-state index contributed by atoms with van der Waals surface area (Å²) in [5, 5.41) is 26.3. The van der Waals surface area contributed by atoms with E-state index in [-0.39, 0.29) is 54.8 Å². The molecule has 4 fully saturated rings. The molecule has 0 amide bonds. The molecule has 2 aromatic rings. The smallest absolute Gasteiger partial charge is 0.370 e. The van der Waals surface area contributed by atoms with Crippen LogP contribution in [-0.2, 0) is 32.3 Å². The van der Waals surface area contributed by atoms with Crippen molar-refractivity contribution >= 4 is 32.3 Å². The van der Waals surface area contributed by atoms with Crippen LogP contribution in [0.5, 0.6) is 0 Å². The van der Waals surface area contributed by atoms with Crippen molar-refractivity contribution in [2.24, 2.45) is 40.4 Å². The maximum atomic E-state index is 14.1. The highest BCUT2D eigenvalue weighted by molar-refractivity contribution is 7.55. The Kier molecular flexibility index (Phi) is 13.6. The predicted molar refractivity (Wildman–Crippen MR) is 222 cm³/mol. The molecule has 0 saturated heterocycles. The molecular weight excluding hydrogens is 744 g/mol. The number of benzene rings is 2. The van der Waals surface area contributed by atoms with Gasteiger partial charge in [0.15, 0.2) is 0 Å². The van der Waals surface area contributed by atoms with Crippen molar-refractivity contribution in [3.05, 3.63) is 60.7 Å². The van der Waals surface area contributed by atoms with E-state index in [1.807, 2.05) is 0 Å². The minimum atomic E-state index is -4.07. The zero-order chi connectivity index (χ0) is 40.5. The fourth-order valence-corrected chi connectivity index (χ4v) is 18.8. The van der Waals surface area contributed by atoms with E-state index in [1.165, 1.54) is 10.4 Å². The van der Waals surface area contributed by atoms with Crippen LogP contribution < -0.4 is 10.4 Å². The van der Waals surface area contributed by atoms with E-state index in [4.69, 9.17) is 22.9 Å². The minimum Gasteiger partial charge on any atom is -0.464 e. The topological polar surface area (TPSA) is 121 Å². The predicted octanol–water partition coefficient (Wildman–Crippen LogP) is 8.09. The SMILES string of the molecule is CCOC(=O)C(OC[C@]12[C@H](O)C[C@H]3[C@@H](CC[C@H]4C[C@@H](O[Si](c5ccccc5)(c5ccccc5)C(C)(C)C)CC[C@@]43C)[C@@H]1CC[C@@H]2[C@@H](C)O)P(=O)(OCC)OCC. The number of aliphatic hydroxyl groups excluding tert-OH is 2. The number of carbonyl (C=O) groups is 1. The summed E-state index contributed by atoms with van der Waals surface area (Å²) in [6, 6.07) is 21.8. The van der Waals surface area contributed by atoms with Gasteiger partial charge in [-0.3, -0.25) is 4.57 Å². The zero-order valence-corrected chi connectivity index (χ0v) is 37.0. The van der Waals surface area contributed by atoms with Gasteiger partial charge < -0.3 is 33.2 Å². The molecule has 1 unspecified atom stereocenters. The summed E-state index contributed by atoms with van der Waals surface area (Å²) in [7, 11) is -6.78. The van der Waals surface area contributed by atoms with Gasteiger partial charge in [-0.2, -0.15) is 0 Å². The molecule has 4 aliphatic carbocycles. The molecule has 2 aromatic carbocycles. The molecule has 4 aliphatic rings. The molecule has 0 aliphatic heterocycles. The van der Waals surface area contributed by atoms with Gasteiger partial charge in [-0.05, 0) is 129 Å². The van der Waals surface area contributed by atoms with Crippen molar-refractivity contribution in [2.45, 2.75) is 136 Å². The van der Waals surface area contributed by atoms with E-state index in [9.17, 15) is 19.6 Å². The van der Waals surface area contributed by atoms with Gasteiger partial charge in [0.2, 0.25) is 0 Å². The second-order valence-corrected chi connectivity index (χ2v) is 24.7. The molecule has 11 atom stereocenters. The second-order valence-electron chi connectivity index (χ2n) is 18.4. The van der Waals surface area contributed by atoms with E-state index in [0.29, 0.717) is 24.2 Å². The van der Waals surface area contributed by atoms with Crippen molar-refractivity contribution in [2.75, 3.05) is 26.4 Å². The van der Waals surface area contributed by atoms with Crippen molar-refractivity contribution in [3.63, 3.8) is 0 Å². The number of carbonyl (C=O) groups excluding carboxylic acids is 1. The van der Waals surface area contributed by atoms with Crippen LogP contribution in [0.1, 0.15) is 107 Å². The van der Waals surface area contributed by atoms with E-state index in [1.54, 1.807) is 27.7 Å². The summed E-state index contributed by atoms with van der Waals surface area (Å²) in [5.41, 5.74) is -0.797. The summed E-state index contributed by atoms with van der Waals surface area (Å²) in [6.45, 7) is 16.6. The first-order valence-corrected chi connectivity index (χ1v) is 25.0. The summed E-state index contributed by atoms with van der Waals surface area (Å²) in [4.78, 5) is 13.4. The van der Waals surface area contributed by atoms with Crippen molar-refractivity contribution in [1.29, 1.82) is 0 Å². The van der Waals surface area contributed by atoms with Gasteiger partial charge in [0.1, 0.15) is 0 Å². The summed E-state index contributed by atoms with van der Waals surface area (Å²) in [6.07, 6.45) is 5.97. The summed E-state index contributed by atoms with van der Waals surface area (Å²) in [5.74, 6) is -1.47. The Hall–Kier alpha value is -1.88. The standard InChI is InChI=1S/C45H69O9PSi/c1-9-50-41(48)42(55(49,52-10-2)53-11-3)51-30-45-37(31(4)46)24-25-38(45)36-23-22-32-28-33(26-27-44(32,8)39(36)29-40(45)47)54-56(43(5,6)7,34-18-14-12-15-19-34)35-20-16-13-17-21-35/h12-21,31-33,36-40,42,46-47H,9-11,22-30H2,1-8H3/t31-,32+,33+,36+,37-,38+,39+,40-,42?,44+,45-/m1/s1. The molecule has 56 heavy (non-hydrogen) atoms. The number of aliphatic hydroxyl groups is 2. The van der Waals surface area contributed by atoms with E-state index < -0.39 is 45.4 Å². The molecule has 11 heteroatoms. The second kappa shape index (κ2) is 17.4. The number of hydrogen-bond donors (Lipinski definition) is 2. The van der Waals surface area contributed by atoms with Gasteiger partial charge in [0.05, 0.1) is 38.6 Å². The Morgan fingerprint density at radius 3 is 2.02 bits per heavy atom. The van der Waals surface area contributed by atoms with Crippen LogP contribution in [0, 0.1) is 40.4 Å². The van der Waals surface area contributed by atoms with E-state index >= 15 is 0 Å². The molecular formula is C45H69O9PSi. The number of fused-ring (bicyclic) bond motifs is 5. The van der Waals surface area contributed by atoms with Crippen LogP contribution in [0.2, 0.25) is 5.04 Å². The molecule has 4 saturated carbocycles. The first-order valence-electron chi connectivity index (χ1n) is 21.4. The third kappa shape index (κ3) is 7.68. The van der Waals surface area contributed by atoms with E-state index in [2.05, 4.69) is 88.4 Å². The van der Waals surface area contributed by atoms with Crippen molar-refractivity contribution < 1.29 is 42.5 Å². The fourth-order valence-electron chi connectivity index (χ4n) is 12.4. The lowest BCUT2D eigenvalue weighted by molar-refractivity contribution is -0.207. The molecule has 0 spiro atoms. The van der Waals surface area contributed by atoms with Gasteiger partial charge in [-0.1, -0.05) is 88.4 Å². The first-order chi connectivity index (χ1) is 26.6. The van der Waals surface area contributed by atoms with Crippen molar-refractivity contribution in [3.8, 4) is 0 Å². The van der Waals surface area contributed by atoms with Crippen LogP contribution in [0.4, 0.5) is 0 Å². The molecule has 312 valence electrons. The summed E-state index contributed by atoms with van der Waals surface area (Å²) >= 11 is 0. The minimum absolute atomic E-state index is 0.0260. The highest BCUT2D eigenvalue weighted by Gasteiger charge is 2.67. The molecule has 2 N–H and O–H groups in total. The van der Waals surface area contributed by atoms with Crippen LogP contribution in [0.25, 0.3) is 0 Å². The molecule has 9 nitrogen and oxygen atoms in total. The lowest BCUT2D eigenvalue weighted by Gasteiger charge is -2.63. The monoisotopic (exact) mass is 812 g/mol. The number of esters is 1. The average molecular weight is 813 g/mol. The van der Waals surface area contributed by atoms with Gasteiger partial charge in [0.25, 0.3) is 14.2 Å². The van der Waals surface area contributed by atoms with Crippen molar-refractivity contribution in [1.82, 2.24) is 0 Å². The van der Waals surface area contributed by atoms with Gasteiger partial charge >= 0.3 is 13.6 Å². The van der Waals surface area contributed by atoms with Crippen LogP contribution in [0.3, 0.4) is 0 Å². The third-order valence-corrected chi connectivity index (χ3v) is 22.0. The molecule has 6 rings (SSSR count). The van der Waals surface area contributed by atoms with Gasteiger partial charge in [-0.25, -0.2) is 4.79 Å². The Balaban J connectivity index is 1.28. The normalized spacial score (nSPS) is 33.1. The lowest BCUT2D eigenvalue weighted by Crippen LogP contribution is -2.68. The van der Waals surface area contributed by atoms with Crippen LogP contribution in [0.15, 0.2) is 60.7 Å². The quantitative estimate of drug-likeness (QED) is 0.105. The van der Waals surface area contributed by atoms with Crippen LogP contribution >= 0.6 is 7.60 Å². The van der Waals surface area contributed by atoms with Gasteiger partial charge in [-0.15, -0.1) is 0 Å². The maximum absolute atomic E-state index is 14.1. The number of rotatable bonds is 15. The number of hydrogen-bond acceptors (Lipinski definition) is 9. The lowest BCUT2D eigenvalue weighted by atomic mass is 9.43. The Morgan fingerprint density at radius 2 is 1.48 bits per heavy atom. The molecule has 0 radical (unpaired) electrons. The number of ether oxygens (including phenoxy) is 2. The zero-order valence-electron chi connectivity index (χ0n) is 35.2. The third-order valence-electron chi connectivity index (χ3n) is 14.7. The molecule has 0 aromatic heterocycles. The summed E-state index contributed by atoms with van der Waals surface area (Å²) < 4.78 is 44.7. The Labute approximate surface area is 337 Å². The van der Waals surface area contributed by atoms with Crippen LogP contribution in [-0.4, -0.2) is 75.1 Å².